The fourth-order valence-corrected chi connectivity index (χ4v) is 2.62. The van der Waals surface area contributed by atoms with E-state index in [-0.39, 0.29) is 6.04 Å². The van der Waals surface area contributed by atoms with Crippen molar-refractivity contribution in [3.05, 3.63) is 41.9 Å². The lowest BCUT2D eigenvalue weighted by Crippen LogP contribution is -2.21. The quantitative estimate of drug-likeness (QED) is 0.881. The van der Waals surface area contributed by atoms with Gasteiger partial charge < -0.3 is 10.3 Å². The maximum absolute atomic E-state index is 13.7. The average Bonchev–Trinajstić information content (AvgIpc) is 2.74. The van der Waals surface area contributed by atoms with Crippen LogP contribution in [0.15, 0.2) is 24.4 Å². The molecule has 0 spiro atoms. The van der Waals surface area contributed by atoms with Crippen LogP contribution in [-0.2, 0) is 0 Å². The smallest absolute Gasteiger partial charge is 0.135 e. The first-order valence-corrected chi connectivity index (χ1v) is 6.98. The highest BCUT2D eigenvalue weighted by atomic mass is 19.1. The molecule has 2 heterocycles. The zero-order chi connectivity index (χ0) is 13.9. The van der Waals surface area contributed by atoms with E-state index in [9.17, 15) is 8.78 Å². The molecule has 0 aliphatic carbocycles. The van der Waals surface area contributed by atoms with E-state index in [2.05, 4.69) is 15.3 Å². The van der Waals surface area contributed by atoms with E-state index in [0.29, 0.717) is 11.3 Å². The molecule has 2 N–H and O–H groups in total. The van der Waals surface area contributed by atoms with Crippen molar-refractivity contribution < 1.29 is 8.78 Å². The van der Waals surface area contributed by atoms with Gasteiger partial charge in [-0.25, -0.2) is 13.8 Å². The number of benzene rings is 1. The third-order valence-electron chi connectivity index (χ3n) is 3.71. The summed E-state index contributed by atoms with van der Waals surface area (Å²) in [6.45, 7) is 0.978. The number of hydrogen-bond donors (Lipinski definition) is 2. The molecule has 1 aromatic carbocycles. The summed E-state index contributed by atoms with van der Waals surface area (Å²) in [6, 6.07) is 3.76. The van der Waals surface area contributed by atoms with Crippen LogP contribution in [0.1, 0.15) is 37.5 Å². The van der Waals surface area contributed by atoms with Crippen molar-refractivity contribution in [1.29, 1.82) is 0 Å². The molecule has 0 amide bonds. The molecule has 2 aromatic rings. The molecule has 3 rings (SSSR count). The summed E-state index contributed by atoms with van der Waals surface area (Å²) in [7, 11) is 0. The number of imidazole rings is 1. The zero-order valence-electron chi connectivity index (χ0n) is 11.1. The summed E-state index contributed by atoms with van der Waals surface area (Å²) in [5, 5.41) is 3.44. The Morgan fingerprint density at radius 1 is 1.15 bits per heavy atom. The number of nitrogens with one attached hydrogen (secondary N) is 2. The number of aromatic nitrogens is 2. The lowest BCUT2D eigenvalue weighted by atomic mass is 10.1. The first kappa shape index (κ1) is 13.2. The normalized spacial score (nSPS) is 19.8. The van der Waals surface area contributed by atoms with Gasteiger partial charge in [-0.15, -0.1) is 0 Å². The van der Waals surface area contributed by atoms with E-state index in [0.717, 1.165) is 24.9 Å². The molecular weight excluding hydrogens is 260 g/mol. The van der Waals surface area contributed by atoms with E-state index in [1.807, 2.05) is 0 Å². The van der Waals surface area contributed by atoms with Crippen molar-refractivity contribution in [2.75, 3.05) is 6.54 Å². The lowest BCUT2D eigenvalue weighted by molar-refractivity contribution is 0.512. The van der Waals surface area contributed by atoms with Crippen molar-refractivity contribution in [2.45, 2.75) is 31.7 Å². The monoisotopic (exact) mass is 277 g/mol. The summed E-state index contributed by atoms with van der Waals surface area (Å²) < 4.78 is 26.7. The molecule has 1 aliphatic rings. The molecule has 1 aromatic heterocycles. The highest BCUT2D eigenvalue weighted by Gasteiger charge is 2.17. The summed E-state index contributed by atoms with van der Waals surface area (Å²) in [4.78, 5) is 7.49. The van der Waals surface area contributed by atoms with Gasteiger partial charge in [-0.05, 0) is 31.5 Å². The topological polar surface area (TPSA) is 40.7 Å². The average molecular weight is 277 g/mol. The van der Waals surface area contributed by atoms with Crippen molar-refractivity contribution in [3.63, 3.8) is 0 Å². The molecule has 0 radical (unpaired) electrons. The number of aromatic amines is 1. The zero-order valence-corrected chi connectivity index (χ0v) is 11.1. The van der Waals surface area contributed by atoms with E-state index < -0.39 is 11.6 Å². The van der Waals surface area contributed by atoms with Gasteiger partial charge in [-0.1, -0.05) is 12.8 Å². The second-order valence-corrected chi connectivity index (χ2v) is 5.16. The summed E-state index contributed by atoms with van der Waals surface area (Å²) in [5.74, 6) is -0.323. The van der Waals surface area contributed by atoms with Gasteiger partial charge in [0.15, 0.2) is 0 Å². The van der Waals surface area contributed by atoms with Gasteiger partial charge >= 0.3 is 0 Å². The second kappa shape index (κ2) is 5.71. The van der Waals surface area contributed by atoms with E-state index in [1.165, 1.54) is 31.4 Å². The number of nitrogens with zero attached hydrogens (tertiary/aromatic N) is 1. The molecule has 0 saturated carbocycles. The Morgan fingerprint density at radius 2 is 2.05 bits per heavy atom. The summed E-state index contributed by atoms with van der Waals surface area (Å²) in [5.41, 5.74) is 0.933. The molecule has 106 valence electrons. The Labute approximate surface area is 116 Å². The standard InChI is InChI=1S/C15H17F2N3/c16-10-5-6-11(12(17)8-10)14-9-19-15(20-14)13-4-2-1-3-7-18-13/h5-6,8-9,13,18H,1-4,7H2,(H,19,20). The SMILES string of the molecule is Fc1ccc(-c2cnc(C3CCCCCN3)[nH]2)c(F)c1. The summed E-state index contributed by atoms with van der Waals surface area (Å²) >= 11 is 0. The van der Waals surface area contributed by atoms with Crippen LogP contribution in [0.4, 0.5) is 8.78 Å². The Hall–Kier alpha value is -1.75. The molecule has 1 unspecified atom stereocenters. The number of rotatable bonds is 2. The minimum absolute atomic E-state index is 0.190. The first-order valence-electron chi connectivity index (χ1n) is 6.98. The Kier molecular flexibility index (Phi) is 3.78. The van der Waals surface area contributed by atoms with Crippen molar-refractivity contribution in [2.24, 2.45) is 0 Å². The van der Waals surface area contributed by atoms with Crippen LogP contribution in [-0.4, -0.2) is 16.5 Å². The minimum atomic E-state index is -0.575. The molecule has 0 bridgehead atoms. The fourth-order valence-electron chi connectivity index (χ4n) is 2.62. The molecule has 5 heteroatoms. The van der Waals surface area contributed by atoms with Gasteiger partial charge in [0.25, 0.3) is 0 Å². The first-order chi connectivity index (χ1) is 9.74. The molecular formula is C15H17F2N3. The van der Waals surface area contributed by atoms with E-state index in [1.54, 1.807) is 6.20 Å². The highest BCUT2D eigenvalue weighted by molar-refractivity contribution is 5.59. The van der Waals surface area contributed by atoms with Gasteiger partial charge in [-0.3, -0.25) is 0 Å². The third-order valence-corrected chi connectivity index (χ3v) is 3.71. The van der Waals surface area contributed by atoms with Gasteiger partial charge in [0.1, 0.15) is 17.5 Å². The summed E-state index contributed by atoms with van der Waals surface area (Å²) in [6.07, 6.45) is 6.20. The van der Waals surface area contributed by atoms with Crippen LogP contribution in [0.25, 0.3) is 11.3 Å². The van der Waals surface area contributed by atoms with Crippen LogP contribution in [0.2, 0.25) is 0 Å². The molecule has 1 saturated heterocycles. The van der Waals surface area contributed by atoms with Gasteiger partial charge in [-0.2, -0.15) is 0 Å². The third kappa shape index (κ3) is 2.72. The van der Waals surface area contributed by atoms with Crippen LogP contribution < -0.4 is 5.32 Å². The molecule has 20 heavy (non-hydrogen) atoms. The highest BCUT2D eigenvalue weighted by Crippen LogP contribution is 2.25. The maximum atomic E-state index is 13.7. The maximum Gasteiger partial charge on any atom is 0.135 e. The Balaban J connectivity index is 1.85. The van der Waals surface area contributed by atoms with E-state index in [4.69, 9.17) is 0 Å². The van der Waals surface area contributed by atoms with Crippen molar-refractivity contribution >= 4 is 0 Å². The van der Waals surface area contributed by atoms with Crippen LogP contribution in [0.5, 0.6) is 0 Å². The minimum Gasteiger partial charge on any atom is -0.341 e. The lowest BCUT2D eigenvalue weighted by Gasteiger charge is -2.12. The fraction of sp³-hybridized carbons (Fsp3) is 0.400. The van der Waals surface area contributed by atoms with Crippen LogP contribution in [0, 0.1) is 11.6 Å². The predicted molar refractivity (Wildman–Crippen MR) is 73.2 cm³/mol. The Morgan fingerprint density at radius 3 is 2.90 bits per heavy atom. The molecule has 3 nitrogen and oxygen atoms in total. The van der Waals surface area contributed by atoms with Gasteiger partial charge in [0.05, 0.1) is 17.9 Å². The van der Waals surface area contributed by atoms with Crippen molar-refractivity contribution in [1.82, 2.24) is 15.3 Å². The van der Waals surface area contributed by atoms with Gasteiger partial charge in [0, 0.05) is 11.6 Å². The number of H-pyrrole nitrogens is 1. The number of hydrogen-bond acceptors (Lipinski definition) is 2. The van der Waals surface area contributed by atoms with Crippen molar-refractivity contribution in [3.8, 4) is 11.3 Å². The predicted octanol–water partition coefficient (Wildman–Crippen LogP) is 3.56. The van der Waals surface area contributed by atoms with Crippen LogP contribution in [0.3, 0.4) is 0 Å². The van der Waals surface area contributed by atoms with Gasteiger partial charge in [0.2, 0.25) is 0 Å². The van der Waals surface area contributed by atoms with E-state index >= 15 is 0 Å². The second-order valence-electron chi connectivity index (χ2n) is 5.16. The molecule has 1 fully saturated rings. The molecule has 1 atom stereocenters. The number of halogens is 2. The molecule has 1 aliphatic heterocycles. The largest absolute Gasteiger partial charge is 0.341 e. The Bertz CT molecular complexity index is 587. The van der Waals surface area contributed by atoms with Crippen LogP contribution >= 0.6 is 0 Å².